The van der Waals surface area contributed by atoms with E-state index in [4.69, 9.17) is 16.3 Å². The Labute approximate surface area is 116 Å². The summed E-state index contributed by atoms with van der Waals surface area (Å²) >= 11 is 5.98. The van der Waals surface area contributed by atoms with Crippen molar-refractivity contribution in [3.05, 3.63) is 52.7 Å². The maximum Gasteiger partial charge on any atom is 0.256 e. The predicted octanol–water partition coefficient (Wildman–Crippen LogP) is 3.30. The van der Waals surface area contributed by atoms with E-state index >= 15 is 0 Å². The van der Waals surface area contributed by atoms with E-state index in [-0.39, 0.29) is 5.91 Å². The summed E-state index contributed by atoms with van der Waals surface area (Å²) in [5.74, 6) is 0.784. The molecule has 1 N–H and O–H groups in total. The highest BCUT2D eigenvalue weighted by Gasteiger charge is 2.09. The molecular weight excluding hydrogens is 264 g/mol. The van der Waals surface area contributed by atoms with Gasteiger partial charge in [0.1, 0.15) is 11.6 Å². The summed E-state index contributed by atoms with van der Waals surface area (Å²) in [6, 6.07) is 10.3. The Morgan fingerprint density at radius 2 is 2.11 bits per heavy atom. The molecule has 0 unspecified atom stereocenters. The van der Waals surface area contributed by atoms with E-state index in [1.807, 2.05) is 19.1 Å². The summed E-state index contributed by atoms with van der Waals surface area (Å²) in [4.78, 5) is 16.2. The average molecular weight is 277 g/mol. The van der Waals surface area contributed by atoms with Gasteiger partial charge in [-0.05, 0) is 37.3 Å². The third-order valence-electron chi connectivity index (χ3n) is 2.54. The van der Waals surface area contributed by atoms with Gasteiger partial charge in [-0.1, -0.05) is 17.7 Å². The molecule has 4 nitrogen and oxygen atoms in total. The molecular formula is C14H13ClN2O2. The topological polar surface area (TPSA) is 51.2 Å². The summed E-state index contributed by atoms with van der Waals surface area (Å²) in [5, 5.41) is 3.11. The number of carbonyl (C=O) groups is 1. The number of carbonyl (C=O) groups excluding carboxylic acids is 1. The van der Waals surface area contributed by atoms with Gasteiger partial charge in [-0.2, -0.15) is 0 Å². The quantitative estimate of drug-likeness (QED) is 0.936. The second-order valence-electron chi connectivity index (χ2n) is 3.97. The number of aromatic nitrogens is 1. The number of anilines is 1. The number of benzene rings is 1. The van der Waals surface area contributed by atoms with Gasteiger partial charge in [0.05, 0.1) is 12.1 Å². The normalized spacial score (nSPS) is 10.1. The lowest BCUT2D eigenvalue weighted by Crippen LogP contribution is -2.13. The first kappa shape index (κ1) is 13.4. The van der Waals surface area contributed by atoms with Gasteiger partial charge in [0.2, 0.25) is 0 Å². The van der Waals surface area contributed by atoms with Crippen LogP contribution >= 0.6 is 11.6 Å². The van der Waals surface area contributed by atoms with E-state index in [0.717, 1.165) is 5.69 Å². The van der Waals surface area contributed by atoms with Gasteiger partial charge < -0.3 is 10.1 Å². The number of amides is 1. The summed E-state index contributed by atoms with van der Waals surface area (Å²) in [7, 11) is 1.53. The Morgan fingerprint density at radius 3 is 2.74 bits per heavy atom. The number of hydrogen-bond acceptors (Lipinski definition) is 3. The molecule has 1 aromatic carbocycles. The number of methoxy groups -OCH3 is 1. The fourth-order valence-corrected chi connectivity index (χ4v) is 1.87. The molecule has 19 heavy (non-hydrogen) atoms. The molecule has 0 radical (unpaired) electrons. The number of hydrogen-bond donors (Lipinski definition) is 1. The minimum absolute atomic E-state index is 0.261. The van der Waals surface area contributed by atoms with Crippen molar-refractivity contribution < 1.29 is 9.53 Å². The van der Waals surface area contributed by atoms with E-state index in [1.54, 1.807) is 24.3 Å². The molecule has 0 bridgehead atoms. The van der Waals surface area contributed by atoms with Crippen molar-refractivity contribution >= 4 is 23.3 Å². The highest BCUT2D eigenvalue weighted by molar-refractivity contribution is 6.32. The van der Waals surface area contributed by atoms with Gasteiger partial charge in [-0.15, -0.1) is 0 Å². The van der Waals surface area contributed by atoms with Gasteiger partial charge >= 0.3 is 0 Å². The third-order valence-corrected chi connectivity index (χ3v) is 2.84. The molecule has 0 aliphatic carbocycles. The van der Waals surface area contributed by atoms with Crippen molar-refractivity contribution in [1.82, 2.24) is 4.98 Å². The number of aryl methyl sites for hydroxylation is 1. The SMILES string of the molecule is COc1ccc(C(=O)Nc2cccc(C)n2)cc1Cl. The monoisotopic (exact) mass is 276 g/mol. The molecule has 0 atom stereocenters. The molecule has 0 spiro atoms. The largest absolute Gasteiger partial charge is 0.495 e. The first-order chi connectivity index (χ1) is 9.10. The average Bonchev–Trinajstić information content (AvgIpc) is 2.38. The lowest BCUT2D eigenvalue weighted by atomic mass is 10.2. The zero-order valence-corrected chi connectivity index (χ0v) is 11.4. The zero-order chi connectivity index (χ0) is 13.8. The molecule has 1 aromatic heterocycles. The van der Waals surface area contributed by atoms with Crippen molar-refractivity contribution in [3.8, 4) is 5.75 Å². The Morgan fingerprint density at radius 1 is 1.32 bits per heavy atom. The molecule has 1 heterocycles. The van der Waals surface area contributed by atoms with Crippen LogP contribution < -0.4 is 10.1 Å². The fourth-order valence-electron chi connectivity index (χ4n) is 1.61. The van der Waals surface area contributed by atoms with Crippen LogP contribution in [-0.2, 0) is 0 Å². The summed E-state index contributed by atoms with van der Waals surface area (Å²) in [6.45, 7) is 1.86. The second-order valence-corrected chi connectivity index (χ2v) is 4.37. The van der Waals surface area contributed by atoms with Crippen molar-refractivity contribution in [2.45, 2.75) is 6.92 Å². The molecule has 0 saturated heterocycles. The Balaban J connectivity index is 2.18. The smallest absolute Gasteiger partial charge is 0.256 e. The molecule has 2 aromatic rings. The van der Waals surface area contributed by atoms with Crippen LogP contribution in [0.4, 0.5) is 5.82 Å². The minimum atomic E-state index is -0.261. The van der Waals surface area contributed by atoms with Gasteiger partial charge in [0.25, 0.3) is 5.91 Å². The van der Waals surface area contributed by atoms with Crippen LogP contribution in [0.25, 0.3) is 0 Å². The van der Waals surface area contributed by atoms with E-state index in [1.165, 1.54) is 7.11 Å². The molecule has 0 fully saturated rings. The van der Waals surface area contributed by atoms with Gasteiger partial charge in [0, 0.05) is 11.3 Å². The van der Waals surface area contributed by atoms with Crippen LogP contribution in [-0.4, -0.2) is 18.0 Å². The Hall–Kier alpha value is -2.07. The van der Waals surface area contributed by atoms with Crippen LogP contribution in [0.15, 0.2) is 36.4 Å². The van der Waals surface area contributed by atoms with Crippen LogP contribution in [0.2, 0.25) is 5.02 Å². The van der Waals surface area contributed by atoms with E-state index < -0.39 is 0 Å². The van der Waals surface area contributed by atoms with Crippen molar-refractivity contribution in [2.75, 3.05) is 12.4 Å². The van der Waals surface area contributed by atoms with Gasteiger partial charge in [-0.3, -0.25) is 4.79 Å². The van der Waals surface area contributed by atoms with E-state index in [2.05, 4.69) is 10.3 Å². The first-order valence-electron chi connectivity index (χ1n) is 5.68. The first-order valence-corrected chi connectivity index (χ1v) is 6.06. The molecule has 98 valence electrons. The Kier molecular flexibility index (Phi) is 4.02. The maximum absolute atomic E-state index is 12.0. The number of nitrogens with one attached hydrogen (secondary N) is 1. The standard InChI is InChI=1S/C14H13ClN2O2/c1-9-4-3-5-13(16-9)17-14(18)10-6-7-12(19-2)11(15)8-10/h3-8H,1-2H3,(H,16,17,18). The Bertz CT molecular complexity index is 614. The molecule has 0 saturated carbocycles. The van der Waals surface area contributed by atoms with Crippen LogP contribution in [0.1, 0.15) is 16.1 Å². The highest BCUT2D eigenvalue weighted by Crippen LogP contribution is 2.25. The summed E-state index contributed by atoms with van der Waals surface area (Å²) < 4.78 is 5.04. The lowest BCUT2D eigenvalue weighted by molar-refractivity contribution is 0.102. The number of rotatable bonds is 3. The van der Waals surface area contributed by atoms with Crippen molar-refractivity contribution in [1.29, 1.82) is 0 Å². The predicted molar refractivity (Wildman–Crippen MR) is 74.9 cm³/mol. The molecule has 1 amide bonds. The van der Waals surface area contributed by atoms with Crippen LogP contribution in [0.5, 0.6) is 5.75 Å². The molecule has 0 aliphatic heterocycles. The molecule has 5 heteroatoms. The molecule has 2 rings (SSSR count). The van der Waals surface area contributed by atoms with Crippen LogP contribution in [0.3, 0.4) is 0 Å². The van der Waals surface area contributed by atoms with E-state index in [9.17, 15) is 4.79 Å². The third kappa shape index (κ3) is 3.23. The number of ether oxygens (including phenoxy) is 1. The highest BCUT2D eigenvalue weighted by atomic mass is 35.5. The second kappa shape index (κ2) is 5.71. The van der Waals surface area contributed by atoms with Gasteiger partial charge in [-0.25, -0.2) is 4.98 Å². The maximum atomic E-state index is 12.0. The van der Waals surface area contributed by atoms with Crippen molar-refractivity contribution in [2.24, 2.45) is 0 Å². The van der Waals surface area contributed by atoms with Crippen LogP contribution in [0, 0.1) is 6.92 Å². The molecule has 0 aliphatic rings. The summed E-state index contributed by atoms with van der Waals surface area (Å²) in [6.07, 6.45) is 0. The zero-order valence-electron chi connectivity index (χ0n) is 10.6. The minimum Gasteiger partial charge on any atom is -0.495 e. The van der Waals surface area contributed by atoms with E-state index in [0.29, 0.717) is 22.2 Å². The number of halogens is 1. The lowest BCUT2D eigenvalue weighted by Gasteiger charge is -2.07. The fraction of sp³-hybridized carbons (Fsp3) is 0.143. The summed E-state index contributed by atoms with van der Waals surface area (Å²) in [5.41, 5.74) is 1.29. The number of pyridine rings is 1. The van der Waals surface area contributed by atoms with Crippen molar-refractivity contribution in [3.63, 3.8) is 0 Å². The number of nitrogens with zero attached hydrogens (tertiary/aromatic N) is 1. The van der Waals surface area contributed by atoms with Gasteiger partial charge in [0.15, 0.2) is 0 Å².